The lowest BCUT2D eigenvalue weighted by Crippen LogP contribution is -2.32. The van der Waals surface area contributed by atoms with Crippen molar-refractivity contribution >= 4 is 21.7 Å². The monoisotopic (exact) mass is 286 g/mol. The van der Waals surface area contributed by atoms with E-state index in [0.29, 0.717) is 22.0 Å². The van der Waals surface area contributed by atoms with E-state index in [1.165, 1.54) is 17.1 Å². The molecule has 6 heteroatoms. The van der Waals surface area contributed by atoms with Crippen LogP contribution in [0.4, 0.5) is 0 Å². The fourth-order valence-electron chi connectivity index (χ4n) is 2.20. The van der Waals surface area contributed by atoms with Gasteiger partial charge in [0.15, 0.2) is 6.20 Å². The van der Waals surface area contributed by atoms with Crippen molar-refractivity contribution in [2.24, 2.45) is 5.92 Å². The van der Waals surface area contributed by atoms with Crippen molar-refractivity contribution in [1.29, 1.82) is 0 Å². The molecule has 0 saturated carbocycles. The van der Waals surface area contributed by atoms with Crippen molar-refractivity contribution < 1.29 is 4.85 Å². The molecule has 0 aliphatic rings. The summed E-state index contributed by atoms with van der Waals surface area (Å²) in [5.41, 5.74) is 3.38. The highest BCUT2D eigenvalue weighted by Gasteiger charge is 2.15. The quantitative estimate of drug-likeness (QED) is 0.548. The molecule has 0 bridgehead atoms. The third-order valence-electron chi connectivity index (χ3n) is 3.06. The van der Waals surface area contributed by atoms with Gasteiger partial charge in [0.25, 0.3) is 0 Å². The normalized spacial score (nSPS) is 11.3. The summed E-state index contributed by atoms with van der Waals surface area (Å²) in [5, 5.41) is 18.9. The number of hydrogen-bond acceptors (Lipinski definition) is 5. The van der Waals surface area contributed by atoms with Crippen LogP contribution in [0.3, 0.4) is 0 Å². The Kier molecular flexibility index (Phi) is 3.31. The minimum atomic E-state index is 0.488. The van der Waals surface area contributed by atoms with E-state index in [1.54, 1.807) is 6.20 Å². The van der Waals surface area contributed by atoms with E-state index in [1.807, 2.05) is 12.1 Å². The maximum Gasteiger partial charge on any atom is 0.204 e. The van der Waals surface area contributed by atoms with Gasteiger partial charge < -0.3 is 5.21 Å². The number of rotatable bonds is 3. The van der Waals surface area contributed by atoms with Crippen LogP contribution in [-0.2, 0) is 6.42 Å². The standard InChI is InChI=1S/C14H14N4OS/c1-9(2)7-10-3-5-11(6-4-10)13-14-12(20-16-13)8-15-17-18(14)19/h3-6,8-9H,7H2,1-2H3. The molecule has 0 N–H and O–H groups in total. The van der Waals surface area contributed by atoms with Crippen molar-refractivity contribution in [2.45, 2.75) is 20.3 Å². The number of fused-ring (bicyclic) bond motifs is 1. The van der Waals surface area contributed by atoms with Gasteiger partial charge in [0.05, 0.1) is 5.10 Å². The average molecular weight is 286 g/mol. The van der Waals surface area contributed by atoms with Crippen LogP contribution >= 0.6 is 11.5 Å². The Labute approximate surface area is 120 Å². The maximum atomic E-state index is 11.8. The molecule has 0 spiro atoms. The fraction of sp³-hybridized carbons (Fsp3) is 0.286. The Bertz CT molecular complexity index is 737. The Morgan fingerprint density at radius 3 is 2.70 bits per heavy atom. The maximum absolute atomic E-state index is 11.8. The first-order chi connectivity index (χ1) is 9.65. The molecule has 0 atom stereocenters. The van der Waals surface area contributed by atoms with Crippen LogP contribution in [0.5, 0.6) is 0 Å². The summed E-state index contributed by atoms with van der Waals surface area (Å²) in [5.74, 6) is 0.625. The number of benzene rings is 1. The molecule has 0 aliphatic heterocycles. The molecule has 0 aliphatic carbocycles. The SMILES string of the molecule is CC(C)Cc1ccc(-c2nsc3cnn[n+]([O-])c23)cc1. The molecule has 20 heavy (non-hydrogen) atoms. The Morgan fingerprint density at radius 1 is 1.25 bits per heavy atom. The number of aromatic nitrogens is 4. The van der Waals surface area contributed by atoms with E-state index >= 15 is 0 Å². The molecule has 1 aromatic carbocycles. The first-order valence-corrected chi connectivity index (χ1v) is 7.22. The van der Waals surface area contributed by atoms with Gasteiger partial charge in [0, 0.05) is 5.56 Å². The van der Waals surface area contributed by atoms with E-state index in [4.69, 9.17) is 0 Å². The molecule has 0 fully saturated rings. The van der Waals surface area contributed by atoms with E-state index in [9.17, 15) is 5.21 Å². The molecule has 3 aromatic rings. The second kappa shape index (κ2) is 5.13. The Hall–Kier alpha value is -2.08. The first-order valence-electron chi connectivity index (χ1n) is 6.45. The van der Waals surface area contributed by atoms with Crippen molar-refractivity contribution in [2.75, 3.05) is 0 Å². The minimum Gasteiger partial charge on any atom is -0.691 e. The summed E-state index contributed by atoms with van der Waals surface area (Å²) in [6, 6.07) is 8.19. The van der Waals surface area contributed by atoms with Crippen LogP contribution in [0.1, 0.15) is 19.4 Å². The van der Waals surface area contributed by atoms with Crippen LogP contribution in [0.2, 0.25) is 0 Å². The van der Waals surface area contributed by atoms with Crippen LogP contribution < -0.4 is 4.85 Å². The Morgan fingerprint density at radius 2 is 2.00 bits per heavy atom. The molecule has 0 saturated heterocycles. The van der Waals surface area contributed by atoms with Gasteiger partial charge in [-0.2, -0.15) is 4.37 Å². The summed E-state index contributed by atoms with van der Waals surface area (Å²) in [7, 11) is 0. The highest BCUT2D eigenvalue weighted by Crippen LogP contribution is 2.27. The highest BCUT2D eigenvalue weighted by atomic mass is 32.1. The predicted molar refractivity (Wildman–Crippen MR) is 78.1 cm³/mol. The van der Waals surface area contributed by atoms with E-state index in [2.05, 4.69) is 40.7 Å². The van der Waals surface area contributed by atoms with Crippen LogP contribution in [0.25, 0.3) is 21.5 Å². The molecule has 102 valence electrons. The van der Waals surface area contributed by atoms with Gasteiger partial charge in [-0.15, -0.1) is 4.85 Å². The lowest BCUT2D eigenvalue weighted by Gasteiger charge is -2.06. The molecule has 5 nitrogen and oxygen atoms in total. The van der Waals surface area contributed by atoms with E-state index < -0.39 is 0 Å². The molecular formula is C14H14N4OS. The van der Waals surface area contributed by atoms with Gasteiger partial charge in [-0.1, -0.05) is 38.1 Å². The van der Waals surface area contributed by atoms with Gasteiger partial charge >= 0.3 is 0 Å². The zero-order valence-electron chi connectivity index (χ0n) is 11.3. The zero-order chi connectivity index (χ0) is 14.1. The third kappa shape index (κ3) is 2.34. The van der Waals surface area contributed by atoms with Crippen LogP contribution in [-0.4, -0.2) is 14.7 Å². The average Bonchev–Trinajstić information content (AvgIpc) is 2.84. The van der Waals surface area contributed by atoms with Gasteiger partial charge in [-0.05, 0) is 29.4 Å². The first kappa shape index (κ1) is 12.9. The smallest absolute Gasteiger partial charge is 0.204 e. The lowest BCUT2D eigenvalue weighted by atomic mass is 10.0. The fourth-order valence-corrected chi connectivity index (χ4v) is 2.93. The molecule has 0 amide bonds. The summed E-state index contributed by atoms with van der Waals surface area (Å²) < 4.78 is 5.10. The molecule has 0 unspecified atom stereocenters. The molecule has 2 heterocycles. The Balaban J connectivity index is 2.03. The van der Waals surface area contributed by atoms with Gasteiger partial charge in [-0.25, -0.2) is 0 Å². The topological polar surface area (TPSA) is 65.6 Å². The van der Waals surface area contributed by atoms with Crippen LogP contribution in [0.15, 0.2) is 30.5 Å². The highest BCUT2D eigenvalue weighted by molar-refractivity contribution is 7.13. The van der Waals surface area contributed by atoms with Crippen molar-refractivity contribution in [3.8, 4) is 11.3 Å². The molecule has 0 radical (unpaired) electrons. The summed E-state index contributed by atoms with van der Waals surface area (Å²) in [6.07, 6.45) is 2.61. The lowest BCUT2D eigenvalue weighted by molar-refractivity contribution is -0.648. The van der Waals surface area contributed by atoms with E-state index in [0.717, 1.165) is 16.7 Å². The van der Waals surface area contributed by atoms with Crippen molar-refractivity contribution in [3.63, 3.8) is 0 Å². The molecular weight excluding hydrogens is 272 g/mol. The number of hydrogen-bond donors (Lipinski definition) is 0. The predicted octanol–water partition coefficient (Wildman–Crippen LogP) is 2.59. The minimum absolute atomic E-state index is 0.488. The van der Waals surface area contributed by atoms with Crippen molar-refractivity contribution in [1.82, 2.24) is 14.7 Å². The third-order valence-corrected chi connectivity index (χ3v) is 3.83. The van der Waals surface area contributed by atoms with Crippen molar-refractivity contribution in [3.05, 3.63) is 41.2 Å². The summed E-state index contributed by atoms with van der Waals surface area (Å²) in [4.78, 5) is 0.538. The molecule has 2 aromatic heterocycles. The second-order valence-corrected chi connectivity index (χ2v) is 5.95. The largest absolute Gasteiger partial charge is 0.691 e. The second-order valence-electron chi connectivity index (χ2n) is 5.15. The zero-order valence-corrected chi connectivity index (χ0v) is 12.1. The van der Waals surface area contributed by atoms with Crippen LogP contribution in [0, 0.1) is 11.1 Å². The molecule has 3 rings (SSSR count). The van der Waals surface area contributed by atoms with Gasteiger partial charge in [-0.3, -0.25) is 0 Å². The van der Waals surface area contributed by atoms with E-state index in [-0.39, 0.29) is 0 Å². The summed E-state index contributed by atoms with van der Waals surface area (Å²) in [6.45, 7) is 4.39. The number of nitrogens with zero attached hydrogens (tertiary/aromatic N) is 4. The van der Waals surface area contributed by atoms with Gasteiger partial charge in [0.1, 0.15) is 15.6 Å². The van der Waals surface area contributed by atoms with Gasteiger partial charge in [0.2, 0.25) is 5.52 Å². The summed E-state index contributed by atoms with van der Waals surface area (Å²) >= 11 is 1.26.